The van der Waals surface area contributed by atoms with Crippen molar-refractivity contribution in [2.75, 3.05) is 11.9 Å². The van der Waals surface area contributed by atoms with Crippen molar-refractivity contribution in [3.63, 3.8) is 0 Å². The highest BCUT2D eigenvalue weighted by molar-refractivity contribution is 5.62. The van der Waals surface area contributed by atoms with E-state index in [9.17, 15) is 0 Å². The van der Waals surface area contributed by atoms with E-state index in [4.69, 9.17) is 5.73 Å². The summed E-state index contributed by atoms with van der Waals surface area (Å²) in [5.74, 6) is 1.98. The van der Waals surface area contributed by atoms with E-state index in [1.54, 1.807) is 6.20 Å². The summed E-state index contributed by atoms with van der Waals surface area (Å²) in [6, 6.07) is 0.246. The van der Waals surface area contributed by atoms with Crippen molar-refractivity contribution in [3.05, 3.63) is 18.2 Å². The van der Waals surface area contributed by atoms with Gasteiger partial charge in [0.1, 0.15) is 5.82 Å². The Morgan fingerprint density at radius 1 is 1.41 bits per heavy atom. The average Bonchev–Trinajstić information content (AvgIpc) is 2.71. The standard InChI is InChI=1S/C11H18N6/c1-7(6-12)8(2)14-10-11-16-15-9(3)17(11)5-4-13-10/h4-5,7-8H,6,12H2,1-3H3,(H,13,14). The van der Waals surface area contributed by atoms with E-state index in [1.807, 2.05) is 17.5 Å². The molecule has 0 aliphatic rings. The third-order valence-corrected chi connectivity index (χ3v) is 3.09. The van der Waals surface area contributed by atoms with Crippen LogP contribution in [0, 0.1) is 12.8 Å². The predicted molar refractivity (Wildman–Crippen MR) is 66.8 cm³/mol. The van der Waals surface area contributed by atoms with Crippen molar-refractivity contribution in [1.82, 2.24) is 19.6 Å². The zero-order valence-corrected chi connectivity index (χ0v) is 10.4. The lowest BCUT2D eigenvalue weighted by molar-refractivity contribution is 0.520. The molecule has 2 rings (SSSR count). The zero-order chi connectivity index (χ0) is 12.4. The fraction of sp³-hybridized carbons (Fsp3) is 0.545. The number of aromatic nitrogens is 4. The smallest absolute Gasteiger partial charge is 0.203 e. The highest BCUT2D eigenvalue weighted by atomic mass is 15.3. The van der Waals surface area contributed by atoms with Gasteiger partial charge in [0.05, 0.1) is 0 Å². The first-order valence-corrected chi connectivity index (χ1v) is 5.76. The van der Waals surface area contributed by atoms with Gasteiger partial charge in [-0.2, -0.15) is 0 Å². The summed E-state index contributed by atoms with van der Waals surface area (Å²) in [7, 11) is 0. The van der Waals surface area contributed by atoms with Crippen LogP contribution in [0.3, 0.4) is 0 Å². The molecule has 0 saturated heterocycles. The van der Waals surface area contributed by atoms with Gasteiger partial charge in [-0.1, -0.05) is 6.92 Å². The van der Waals surface area contributed by atoms with Crippen LogP contribution in [0.4, 0.5) is 5.82 Å². The van der Waals surface area contributed by atoms with Gasteiger partial charge < -0.3 is 11.1 Å². The molecule has 2 heterocycles. The van der Waals surface area contributed by atoms with Crippen LogP contribution in [0.5, 0.6) is 0 Å². The van der Waals surface area contributed by atoms with Gasteiger partial charge in [-0.15, -0.1) is 10.2 Å². The van der Waals surface area contributed by atoms with E-state index >= 15 is 0 Å². The maximum atomic E-state index is 5.65. The number of aryl methyl sites for hydroxylation is 1. The molecule has 6 nitrogen and oxygen atoms in total. The Bertz CT molecular complexity index is 506. The van der Waals surface area contributed by atoms with Crippen molar-refractivity contribution in [1.29, 1.82) is 0 Å². The number of anilines is 1. The van der Waals surface area contributed by atoms with Crippen molar-refractivity contribution in [2.45, 2.75) is 26.8 Å². The van der Waals surface area contributed by atoms with Crippen LogP contribution in [0.25, 0.3) is 5.65 Å². The fourth-order valence-corrected chi connectivity index (χ4v) is 1.61. The summed E-state index contributed by atoms with van der Waals surface area (Å²) >= 11 is 0. The predicted octanol–water partition coefficient (Wildman–Crippen LogP) is 0.828. The second-order valence-electron chi connectivity index (χ2n) is 4.36. The monoisotopic (exact) mass is 234 g/mol. The highest BCUT2D eigenvalue weighted by Crippen LogP contribution is 2.15. The lowest BCUT2D eigenvalue weighted by Crippen LogP contribution is -2.30. The molecular weight excluding hydrogens is 216 g/mol. The minimum absolute atomic E-state index is 0.246. The molecule has 2 unspecified atom stereocenters. The largest absolute Gasteiger partial charge is 0.364 e. The van der Waals surface area contributed by atoms with Gasteiger partial charge >= 0.3 is 0 Å². The molecule has 0 saturated carbocycles. The molecular formula is C11H18N6. The van der Waals surface area contributed by atoms with Crippen molar-refractivity contribution >= 4 is 11.5 Å². The number of nitrogens with one attached hydrogen (secondary N) is 1. The van der Waals surface area contributed by atoms with Crippen molar-refractivity contribution in [3.8, 4) is 0 Å². The summed E-state index contributed by atoms with van der Waals surface area (Å²) in [5, 5.41) is 11.5. The zero-order valence-electron chi connectivity index (χ0n) is 10.4. The summed E-state index contributed by atoms with van der Waals surface area (Å²) in [6.45, 7) is 6.75. The summed E-state index contributed by atoms with van der Waals surface area (Å²) in [6.07, 6.45) is 3.60. The van der Waals surface area contributed by atoms with E-state index in [-0.39, 0.29) is 6.04 Å². The van der Waals surface area contributed by atoms with E-state index in [1.165, 1.54) is 0 Å². The summed E-state index contributed by atoms with van der Waals surface area (Å²) in [4.78, 5) is 4.30. The van der Waals surface area contributed by atoms with Gasteiger partial charge in [0, 0.05) is 18.4 Å². The second kappa shape index (κ2) is 4.67. The van der Waals surface area contributed by atoms with E-state index in [2.05, 4.69) is 34.3 Å². The minimum Gasteiger partial charge on any atom is -0.364 e. The van der Waals surface area contributed by atoms with Gasteiger partial charge in [-0.3, -0.25) is 4.40 Å². The van der Waals surface area contributed by atoms with Crippen LogP contribution in [0.15, 0.2) is 12.4 Å². The molecule has 92 valence electrons. The molecule has 0 fully saturated rings. The molecule has 2 atom stereocenters. The van der Waals surface area contributed by atoms with Crippen LogP contribution in [-0.2, 0) is 0 Å². The van der Waals surface area contributed by atoms with Crippen LogP contribution >= 0.6 is 0 Å². The lowest BCUT2D eigenvalue weighted by Gasteiger charge is -2.20. The average molecular weight is 234 g/mol. The Hall–Kier alpha value is -1.69. The second-order valence-corrected chi connectivity index (χ2v) is 4.36. The maximum Gasteiger partial charge on any atom is 0.203 e. The number of nitrogens with zero attached hydrogens (tertiary/aromatic N) is 4. The van der Waals surface area contributed by atoms with Gasteiger partial charge in [0.2, 0.25) is 5.65 Å². The van der Waals surface area contributed by atoms with Crippen LogP contribution < -0.4 is 11.1 Å². The van der Waals surface area contributed by atoms with Gasteiger partial charge in [0.25, 0.3) is 0 Å². The molecule has 2 aromatic heterocycles. The molecule has 0 aliphatic heterocycles. The van der Waals surface area contributed by atoms with Crippen LogP contribution in [-0.4, -0.2) is 32.2 Å². The molecule has 2 aromatic rings. The number of rotatable bonds is 4. The van der Waals surface area contributed by atoms with Gasteiger partial charge in [-0.05, 0) is 26.3 Å². The molecule has 0 spiro atoms. The third-order valence-electron chi connectivity index (χ3n) is 3.09. The molecule has 17 heavy (non-hydrogen) atoms. The number of hydrogen-bond donors (Lipinski definition) is 2. The molecule has 0 amide bonds. The normalized spacial score (nSPS) is 14.8. The maximum absolute atomic E-state index is 5.65. The Labute approximate surface area is 100 Å². The first-order chi connectivity index (χ1) is 8.13. The van der Waals surface area contributed by atoms with Crippen molar-refractivity contribution in [2.24, 2.45) is 11.7 Å². The molecule has 3 N–H and O–H groups in total. The Balaban J connectivity index is 2.30. The van der Waals surface area contributed by atoms with E-state index in [0.717, 1.165) is 17.3 Å². The fourth-order valence-electron chi connectivity index (χ4n) is 1.61. The molecule has 6 heteroatoms. The van der Waals surface area contributed by atoms with Crippen molar-refractivity contribution < 1.29 is 0 Å². The first kappa shape index (κ1) is 11.8. The van der Waals surface area contributed by atoms with Gasteiger partial charge in [-0.25, -0.2) is 4.98 Å². The first-order valence-electron chi connectivity index (χ1n) is 5.76. The molecule has 0 aliphatic carbocycles. The Morgan fingerprint density at radius 3 is 2.88 bits per heavy atom. The SMILES string of the molecule is Cc1nnc2c(NC(C)C(C)CN)nccn12. The Morgan fingerprint density at radius 2 is 2.18 bits per heavy atom. The van der Waals surface area contributed by atoms with E-state index < -0.39 is 0 Å². The van der Waals surface area contributed by atoms with E-state index in [0.29, 0.717) is 12.5 Å². The molecule has 0 radical (unpaired) electrons. The summed E-state index contributed by atoms with van der Waals surface area (Å²) in [5.41, 5.74) is 6.40. The molecule has 0 bridgehead atoms. The summed E-state index contributed by atoms with van der Waals surface area (Å²) < 4.78 is 1.91. The quantitative estimate of drug-likeness (QED) is 0.819. The number of hydrogen-bond acceptors (Lipinski definition) is 5. The third kappa shape index (κ3) is 2.21. The number of nitrogens with two attached hydrogens (primary N) is 1. The minimum atomic E-state index is 0.246. The topological polar surface area (TPSA) is 81.1 Å². The van der Waals surface area contributed by atoms with Crippen LogP contribution in [0.2, 0.25) is 0 Å². The number of fused-ring (bicyclic) bond motifs is 1. The molecule has 0 aromatic carbocycles. The highest BCUT2D eigenvalue weighted by Gasteiger charge is 2.14. The Kier molecular flexibility index (Phi) is 3.23. The lowest BCUT2D eigenvalue weighted by atomic mass is 10.0. The van der Waals surface area contributed by atoms with Gasteiger partial charge in [0.15, 0.2) is 5.82 Å². The van der Waals surface area contributed by atoms with Crippen LogP contribution in [0.1, 0.15) is 19.7 Å².